The van der Waals surface area contributed by atoms with Gasteiger partial charge in [0.1, 0.15) is 5.52 Å². The van der Waals surface area contributed by atoms with Gasteiger partial charge in [-0.2, -0.15) is 0 Å². The highest BCUT2D eigenvalue weighted by atomic mass is 35.5. The van der Waals surface area contributed by atoms with Crippen molar-refractivity contribution in [3.05, 3.63) is 41.7 Å². The summed E-state index contributed by atoms with van der Waals surface area (Å²) in [5, 5.41) is 6.78. The van der Waals surface area contributed by atoms with Crippen molar-refractivity contribution < 1.29 is 13.5 Å². The molecule has 7 nitrogen and oxygen atoms in total. The maximum absolute atomic E-state index is 14.3. The number of halogens is 3. The van der Waals surface area contributed by atoms with Crippen molar-refractivity contribution >= 4 is 34.1 Å². The Morgan fingerprint density at radius 3 is 2.79 bits per heavy atom. The summed E-state index contributed by atoms with van der Waals surface area (Å²) >= 11 is 6.62. The molecule has 0 aliphatic carbocycles. The Balaban J connectivity index is 1.45. The molecule has 2 saturated heterocycles. The van der Waals surface area contributed by atoms with E-state index in [-0.39, 0.29) is 19.5 Å². The zero-order chi connectivity index (χ0) is 22.8. The van der Waals surface area contributed by atoms with E-state index in [1.54, 1.807) is 12.4 Å². The Bertz CT molecular complexity index is 1140. The van der Waals surface area contributed by atoms with Crippen LogP contribution in [0.4, 0.5) is 20.3 Å². The summed E-state index contributed by atoms with van der Waals surface area (Å²) in [6, 6.07) is 7.65. The van der Waals surface area contributed by atoms with Gasteiger partial charge in [-0.05, 0) is 18.2 Å². The van der Waals surface area contributed by atoms with Crippen LogP contribution in [0.3, 0.4) is 0 Å². The van der Waals surface area contributed by atoms with Crippen molar-refractivity contribution in [2.45, 2.75) is 12.3 Å². The lowest BCUT2D eigenvalue weighted by Crippen LogP contribution is -2.47. The number of fused-ring (bicyclic) bond motifs is 1. The van der Waals surface area contributed by atoms with Crippen LogP contribution in [0.15, 0.2) is 36.7 Å². The van der Waals surface area contributed by atoms with Gasteiger partial charge in [0.05, 0.1) is 41.1 Å². The number of nitrogens with zero attached hydrogens (tertiary/aromatic N) is 4. The molecule has 0 bridgehead atoms. The highest BCUT2D eigenvalue weighted by Crippen LogP contribution is 2.34. The van der Waals surface area contributed by atoms with Crippen molar-refractivity contribution in [2.24, 2.45) is 5.92 Å². The van der Waals surface area contributed by atoms with Gasteiger partial charge in [-0.25, -0.2) is 18.7 Å². The number of pyridine rings is 1. The standard InChI is InChI=1S/C23H25ClF2N6O/c24-17-11-15(1-2-20(17)32-7-9-33-10-8-32)18-12-19-21(29-6-5-28-19)22(31-18)30-14-16-13-27-4-3-23(16,25)26/h1-2,5-6,11-12,16,27H,3-4,7-10,13-14H2,(H,30,31). The van der Waals surface area contributed by atoms with Crippen molar-refractivity contribution in [1.82, 2.24) is 20.3 Å². The number of rotatable bonds is 5. The number of morpholine rings is 1. The monoisotopic (exact) mass is 474 g/mol. The Hall–Kier alpha value is -2.62. The largest absolute Gasteiger partial charge is 0.378 e. The van der Waals surface area contributed by atoms with Gasteiger partial charge in [-0.15, -0.1) is 0 Å². The minimum absolute atomic E-state index is 0.0822. The van der Waals surface area contributed by atoms with E-state index in [4.69, 9.17) is 21.3 Å². The van der Waals surface area contributed by atoms with Crippen LogP contribution in [0.1, 0.15) is 6.42 Å². The first kappa shape index (κ1) is 22.2. The topological polar surface area (TPSA) is 75.2 Å². The second kappa shape index (κ2) is 9.32. The van der Waals surface area contributed by atoms with Gasteiger partial charge in [0.15, 0.2) is 5.82 Å². The molecule has 2 aliphatic rings. The molecular weight excluding hydrogens is 450 g/mol. The predicted octanol–water partition coefficient (Wildman–Crippen LogP) is 3.84. The van der Waals surface area contributed by atoms with E-state index in [0.717, 1.165) is 24.3 Å². The van der Waals surface area contributed by atoms with Crippen LogP contribution in [0, 0.1) is 5.92 Å². The van der Waals surface area contributed by atoms with Gasteiger partial charge in [-0.3, -0.25) is 4.98 Å². The Morgan fingerprint density at radius 2 is 2.00 bits per heavy atom. The molecule has 4 heterocycles. The second-order valence-electron chi connectivity index (χ2n) is 8.34. The summed E-state index contributed by atoms with van der Waals surface area (Å²) in [7, 11) is 0. The molecule has 10 heteroatoms. The SMILES string of the molecule is FC1(F)CCNCC1CNc1nc(-c2ccc(N3CCOCC3)c(Cl)c2)cc2nccnc12. The average Bonchev–Trinajstić information content (AvgIpc) is 2.83. The van der Waals surface area contributed by atoms with Crippen molar-refractivity contribution in [2.75, 3.05) is 56.2 Å². The number of ether oxygens (including phenoxy) is 1. The molecule has 1 aromatic carbocycles. The first-order chi connectivity index (χ1) is 16.0. The molecule has 3 aromatic rings. The molecule has 33 heavy (non-hydrogen) atoms. The number of hydrogen-bond acceptors (Lipinski definition) is 7. The van der Waals surface area contributed by atoms with Crippen LogP contribution in [-0.2, 0) is 4.74 Å². The lowest BCUT2D eigenvalue weighted by Gasteiger charge is -2.32. The summed E-state index contributed by atoms with van der Waals surface area (Å²) in [5.74, 6) is -3.11. The third kappa shape index (κ3) is 4.71. The fourth-order valence-corrected chi connectivity index (χ4v) is 4.60. The summed E-state index contributed by atoms with van der Waals surface area (Å²) in [6.45, 7) is 3.59. The van der Waals surface area contributed by atoms with E-state index in [1.807, 2.05) is 24.3 Å². The number of piperidine rings is 1. The summed E-state index contributed by atoms with van der Waals surface area (Å²) in [6.07, 6.45) is 3.00. The lowest BCUT2D eigenvalue weighted by molar-refractivity contribution is -0.0728. The molecule has 5 rings (SSSR count). The fourth-order valence-electron chi connectivity index (χ4n) is 4.30. The highest BCUT2D eigenvalue weighted by Gasteiger charge is 2.41. The summed E-state index contributed by atoms with van der Waals surface area (Å²) < 4.78 is 34.0. The van der Waals surface area contributed by atoms with E-state index in [1.165, 1.54) is 0 Å². The molecule has 1 unspecified atom stereocenters. The van der Waals surface area contributed by atoms with Crippen molar-refractivity contribution in [3.8, 4) is 11.3 Å². The summed E-state index contributed by atoms with van der Waals surface area (Å²) in [4.78, 5) is 15.7. The molecule has 174 valence electrons. The average molecular weight is 475 g/mol. The van der Waals surface area contributed by atoms with E-state index < -0.39 is 11.8 Å². The van der Waals surface area contributed by atoms with Gasteiger partial charge in [0, 0.05) is 57.1 Å². The quantitative estimate of drug-likeness (QED) is 0.582. The molecule has 0 radical (unpaired) electrons. The summed E-state index contributed by atoms with van der Waals surface area (Å²) in [5.41, 5.74) is 3.60. The smallest absolute Gasteiger partial charge is 0.255 e. The number of hydrogen-bond donors (Lipinski definition) is 2. The van der Waals surface area contributed by atoms with Crippen LogP contribution in [-0.4, -0.2) is 66.8 Å². The predicted molar refractivity (Wildman–Crippen MR) is 125 cm³/mol. The van der Waals surface area contributed by atoms with Gasteiger partial charge in [0.25, 0.3) is 5.92 Å². The molecule has 1 atom stereocenters. The second-order valence-corrected chi connectivity index (χ2v) is 8.75. The number of nitrogens with one attached hydrogen (secondary N) is 2. The molecule has 0 saturated carbocycles. The maximum Gasteiger partial charge on any atom is 0.255 e. The number of aromatic nitrogens is 3. The van der Waals surface area contributed by atoms with Gasteiger partial charge in [0.2, 0.25) is 0 Å². The Kier molecular flexibility index (Phi) is 6.27. The van der Waals surface area contributed by atoms with Crippen LogP contribution >= 0.6 is 11.6 Å². The lowest BCUT2D eigenvalue weighted by atomic mass is 9.95. The normalized spacial score (nSPS) is 20.7. The van der Waals surface area contributed by atoms with E-state index in [9.17, 15) is 8.78 Å². The van der Waals surface area contributed by atoms with E-state index in [0.29, 0.717) is 47.3 Å². The molecule has 2 N–H and O–H groups in total. The van der Waals surface area contributed by atoms with Gasteiger partial charge < -0.3 is 20.3 Å². The van der Waals surface area contributed by atoms with Crippen LogP contribution < -0.4 is 15.5 Å². The third-order valence-corrected chi connectivity index (χ3v) is 6.49. The minimum Gasteiger partial charge on any atom is -0.378 e. The molecule has 0 spiro atoms. The number of benzene rings is 1. The zero-order valence-electron chi connectivity index (χ0n) is 18.0. The van der Waals surface area contributed by atoms with Crippen LogP contribution in [0.2, 0.25) is 5.02 Å². The van der Waals surface area contributed by atoms with Gasteiger partial charge in [-0.1, -0.05) is 17.7 Å². The van der Waals surface area contributed by atoms with Crippen molar-refractivity contribution in [1.29, 1.82) is 0 Å². The Labute approximate surface area is 195 Å². The van der Waals surface area contributed by atoms with E-state index >= 15 is 0 Å². The first-order valence-electron chi connectivity index (χ1n) is 11.1. The van der Waals surface area contributed by atoms with Gasteiger partial charge >= 0.3 is 0 Å². The fraction of sp³-hybridized carbons (Fsp3) is 0.435. The minimum atomic E-state index is -2.72. The van der Waals surface area contributed by atoms with Crippen LogP contribution in [0.25, 0.3) is 22.3 Å². The highest BCUT2D eigenvalue weighted by molar-refractivity contribution is 6.33. The number of anilines is 2. The maximum atomic E-state index is 14.3. The zero-order valence-corrected chi connectivity index (χ0v) is 18.8. The third-order valence-electron chi connectivity index (χ3n) is 6.19. The molecule has 2 aromatic heterocycles. The molecule has 2 aliphatic heterocycles. The van der Waals surface area contributed by atoms with E-state index in [2.05, 4.69) is 25.5 Å². The Morgan fingerprint density at radius 1 is 1.18 bits per heavy atom. The van der Waals surface area contributed by atoms with Crippen molar-refractivity contribution in [3.63, 3.8) is 0 Å². The van der Waals surface area contributed by atoms with Crippen LogP contribution in [0.5, 0.6) is 0 Å². The molecule has 0 amide bonds. The molecular formula is C23H25ClF2N6O. The first-order valence-corrected chi connectivity index (χ1v) is 11.5. The number of alkyl halides is 2. The molecule has 2 fully saturated rings.